The van der Waals surface area contributed by atoms with Crippen molar-refractivity contribution < 1.29 is 14.1 Å². The molecule has 80 valence electrons. The number of nitrogens with zero attached hydrogens (tertiary/aromatic N) is 1. The highest BCUT2D eigenvalue weighted by molar-refractivity contribution is 9.09. The summed E-state index contributed by atoms with van der Waals surface area (Å²) in [4.78, 5) is 20.9. The molecule has 15 heavy (non-hydrogen) atoms. The van der Waals surface area contributed by atoms with Crippen LogP contribution in [0.1, 0.15) is 15.9 Å². The predicted octanol–water partition coefficient (Wildman–Crippen LogP) is 2.62. The number of halogens is 2. The molecule has 0 unspecified atom stereocenters. The van der Waals surface area contributed by atoms with Crippen molar-refractivity contribution in [2.24, 2.45) is 0 Å². The Morgan fingerprint density at radius 1 is 1.60 bits per heavy atom. The van der Waals surface area contributed by atoms with Crippen LogP contribution in [0.15, 0.2) is 12.1 Å². The summed E-state index contributed by atoms with van der Waals surface area (Å²) in [6, 6.07) is 2.61. The molecule has 1 aromatic carbocycles. The predicted molar refractivity (Wildman–Crippen MR) is 55.9 cm³/mol. The molecule has 0 radical (unpaired) electrons. The summed E-state index contributed by atoms with van der Waals surface area (Å²) in [5, 5.41) is 10.5. The van der Waals surface area contributed by atoms with E-state index in [4.69, 9.17) is 0 Å². The van der Waals surface area contributed by atoms with E-state index >= 15 is 0 Å². The zero-order valence-corrected chi connectivity index (χ0v) is 9.38. The first-order chi connectivity index (χ1) is 6.99. The van der Waals surface area contributed by atoms with E-state index in [1.807, 2.05) is 0 Å². The largest absolute Gasteiger partial charge is 0.308 e. The van der Waals surface area contributed by atoms with Gasteiger partial charge in [-0.25, -0.2) is 0 Å². The normalized spacial score (nSPS) is 10.1. The molecular formula is C9H7BrFNO3. The van der Waals surface area contributed by atoms with Crippen LogP contribution in [-0.4, -0.2) is 16.0 Å². The maximum atomic E-state index is 13.5. The average Bonchev–Trinajstić information content (AvgIpc) is 2.16. The van der Waals surface area contributed by atoms with Gasteiger partial charge in [0, 0.05) is 5.56 Å². The molecule has 0 spiro atoms. The summed E-state index contributed by atoms with van der Waals surface area (Å²) >= 11 is 2.88. The van der Waals surface area contributed by atoms with Crippen molar-refractivity contribution in [2.75, 3.05) is 5.33 Å². The van der Waals surface area contributed by atoms with E-state index < -0.39 is 22.2 Å². The molecule has 1 rings (SSSR count). The lowest BCUT2D eigenvalue weighted by atomic mass is 10.1. The van der Waals surface area contributed by atoms with Crippen LogP contribution in [0.4, 0.5) is 10.1 Å². The lowest BCUT2D eigenvalue weighted by Crippen LogP contribution is -2.07. The molecule has 4 nitrogen and oxygen atoms in total. The third-order valence-corrected chi connectivity index (χ3v) is 2.43. The molecule has 1 aromatic rings. The molecule has 0 amide bonds. The minimum Gasteiger partial charge on any atom is -0.293 e. The number of nitro benzene ring substituents is 1. The first-order valence-electron chi connectivity index (χ1n) is 4.01. The number of carbonyl (C=O) groups is 1. The Bertz CT molecular complexity index is 434. The Balaban J connectivity index is 3.41. The average molecular weight is 276 g/mol. The van der Waals surface area contributed by atoms with E-state index in [0.717, 1.165) is 0 Å². The van der Waals surface area contributed by atoms with Crippen LogP contribution in [0.25, 0.3) is 0 Å². The Kier molecular flexibility index (Phi) is 3.52. The zero-order valence-electron chi connectivity index (χ0n) is 7.79. The van der Waals surface area contributed by atoms with Crippen molar-refractivity contribution in [1.82, 2.24) is 0 Å². The van der Waals surface area contributed by atoms with Gasteiger partial charge in [-0.2, -0.15) is 4.39 Å². The van der Waals surface area contributed by atoms with E-state index in [0.29, 0.717) is 0 Å². The molecule has 0 aromatic heterocycles. The third-order valence-electron chi connectivity index (χ3n) is 1.92. The number of Topliss-reactive ketones (excluding diaryl/α,β-unsaturated/α-hetero) is 1. The molecule has 0 aliphatic carbocycles. The number of hydrogen-bond donors (Lipinski definition) is 0. The van der Waals surface area contributed by atoms with Gasteiger partial charge in [0.25, 0.3) is 0 Å². The molecule has 6 heteroatoms. The number of ketones is 1. The highest BCUT2D eigenvalue weighted by Crippen LogP contribution is 2.25. The van der Waals surface area contributed by atoms with Crippen molar-refractivity contribution in [1.29, 1.82) is 0 Å². The second-order valence-electron chi connectivity index (χ2n) is 2.91. The van der Waals surface area contributed by atoms with Gasteiger partial charge in [0.05, 0.1) is 15.8 Å². The second kappa shape index (κ2) is 4.48. The highest BCUT2D eigenvalue weighted by Gasteiger charge is 2.23. The van der Waals surface area contributed by atoms with Crippen molar-refractivity contribution in [3.63, 3.8) is 0 Å². The Morgan fingerprint density at radius 3 is 2.67 bits per heavy atom. The quantitative estimate of drug-likeness (QED) is 0.369. The summed E-state index contributed by atoms with van der Waals surface area (Å²) in [5.74, 6) is -1.58. The molecule has 0 aliphatic heterocycles. The van der Waals surface area contributed by atoms with Crippen molar-refractivity contribution in [2.45, 2.75) is 6.92 Å². The van der Waals surface area contributed by atoms with Crippen LogP contribution >= 0.6 is 15.9 Å². The Labute approximate surface area is 93.4 Å². The number of carbonyl (C=O) groups excluding carboxylic acids is 1. The van der Waals surface area contributed by atoms with Crippen molar-refractivity contribution in [3.05, 3.63) is 39.2 Å². The molecule has 0 bridgehead atoms. The summed E-state index contributed by atoms with van der Waals surface area (Å²) in [5.41, 5.74) is -0.699. The first kappa shape index (κ1) is 11.8. The van der Waals surface area contributed by atoms with Crippen molar-refractivity contribution in [3.8, 4) is 0 Å². The number of aryl methyl sites for hydroxylation is 1. The molecule has 0 N–H and O–H groups in total. The number of hydrogen-bond acceptors (Lipinski definition) is 3. The van der Waals surface area contributed by atoms with Crippen LogP contribution in [0.3, 0.4) is 0 Å². The van der Waals surface area contributed by atoms with E-state index in [1.165, 1.54) is 19.1 Å². The van der Waals surface area contributed by atoms with E-state index in [1.54, 1.807) is 0 Å². The first-order valence-corrected chi connectivity index (χ1v) is 5.13. The summed E-state index contributed by atoms with van der Waals surface area (Å²) in [6.07, 6.45) is 0. The standard InChI is InChI=1S/C9H7BrFNO3/c1-5-2-3-6(7(13)4-10)8(11)9(5)12(14)15/h2-3H,4H2,1H3. The van der Waals surface area contributed by atoms with Gasteiger partial charge in [0.2, 0.25) is 5.82 Å². The molecular weight excluding hydrogens is 269 g/mol. The number of rotatable bonds is 3. The zero-order chi connectivity index (χ0) is 11.6. The SMILES string of the molecule is Cc1ccc(C(=O)CBr)c(F)c1[N+](=O)[O-]. The van der Waals surface area contributed by atoms with E-state index in [2.05, 4.69) is 15.9 Å². The summed E-state index contributed by atoms with van der Waals surface area (Å²) in [6.45, 7) is 1.42. The molecule has 0 saturated heterocycles. The number of alkyl halides is 1. The topological polar surface area (TPSA) is 60.2 Å². The Hall–Kier alpha value is -1.30. The maximum Gasteiger partial charge on any atom is 0.308 e. The minimum atomic E-state index is -1.07. The fourth-order valence-corrected chi connectivity index (χ4v) is 1.47. The monoisotopic (exact) mass is 275 g/mol. The number of benzene rings is 1. The maximum absolute atomic E-state index is 13.5. The summed E-state index contributed by atoms with van der Waals surface area (Å²) < 4.78 is 13.5. The Morgan fingerprint density at radius 2 is 2.20 bits per heavy atom. The molecule has 0 atom stereocenters. The third kappa shape index (κ3) is 2.20. The second-order valence-corrected chi connectivity index (χ2v) is 3.47. The fraction of sp³-hybridized carbons (Fsp3) is 0.222. The molecule has 0 fully saturated rings. The lowest BCUT2D eigenvalue weighted by molar-refractivity contribution is -0.388. The van der Waals surface area contributed by atoms with Gasteiger partial charge in [-0.3, -0.25) is 14.9 Å². The van der Waals surface area contributed by atoms with Gasteiger partial charge in [-0.1, -0.05) is 22.0 Å². The van der Waals surface area contributed by atoms with Gasteiger partial charge < -0.3 is 0 Å². The molecule has 0 aliphatic rings. The molecule has 0 saturated carbocycles. The van der Waals surface area contributed by atoms with Crippen LogP contribution in [0.2, 0.25) is 0 Å². The summed E-state index contributed by atoms with van der Waals surface area (Å²) in [7, 11) is 0. The minimum absolute atomic E-state index is 0.0653. The van der Waals surface area contributed by atoms with Crippen LogP contribution in [0, 0.1) is 22.9 Å². The van der Waals surface area contributed by atoms with Gasteiger partial charge in [-0.05, 0) is 13.0 Å². The van der Waals surface area contributed by atoms with E-state index in [-0.39, 0.29) is 16.5 Å². The van der Waals surface area contributed by atoms with Gasteiger partial charge in [0.15, 0.2) is 5.78 Å². The highest BCUT2D eigenvalue weighted by atomic mass is 79.9. The van der Waals surface area contributed by atoms with Gasteiger partial charge in [0.1, 0.15) is 0 Å². The van der Waals surface area contributed by atoms with Crippen LogP contribution in [-0.2, 0) is 0 Å². The van der Waals surface area contributed by atoms with Crippen LogP contribution < -0.4 is 0 Å². The van der Waals surface area contributed by atoms with Crippen LogP contribution in [0.5, 0.6) is 0 Å². The van der Waals surface area contributed by atoms with Crippen molar-refractivity contribution >= 4 is 27.4 Å². The molecule has 0 heterocycles. The smallest absolute Gasteiger partial charge is 0.293 e. The fourth-order valence-electron chi connectivity index (χ4n) is 1.17. The van der Waals surface area contributed by atoms with Gasteiger partial charge in [-0.15, -0.1) is 0 Å². The van der Waals surface area contributed by atoms with Gasteiger partial charge >= 0.3 is 5.69 Å². The number of nitro groups is 1. The van der Waals surface area contributed by atoms with E-state index in [9.17, 15) is 19.3 Å². The lowest BCUT2D eigenvalue weighted by Gasteiger charge is -2.02.